The van der Waals surface area contributed by atoms with Gasteiger partial charge in [0.15, 0.2) is 0 Å². The minimum Gasteiger partial charge on any atom is -0.463 e. The van der Waals surface area contributed by atoms with Gasteiger partial charge in [-0.15, -0.1) is 0 Å². The molecule has 0 aliphatic heterocycles. The number of hydrogen-bond acceptors (Lipinski definition) is 14. The summed E-state index contributed by atoms with van der Waals surface area (Å²) in [4.78, 5) is 11.5. The molecule has 0 radical (unpaired) electrons. The van der Waals surface area contributed by atoms with Gasteiger partial charge in [0.1, 0.15) is 6.61 Å². The van der Waals surface area contributed by atoms with E-state index in [0.717, 1.165) is 19.3 Å². The topological polar surface area (TPSA) is 137 Å². The molecule has 0 aromatic heterocycles. The van der Waals surface area contributed by atoms with Crippen molar-refractivity contribution < 1.29 is 66.1 Å². The Kier molecular flexibility index (Phi) is 34.2. The van der Waals surface area contributed by atoms with Gasteiger partial charge >= 0.3 is 5.97 Å². The van der Waals surface area contributed by atoms with Gasteiger partial charge in [-0.05, 0) is 21.8 Å². The Morgan fingerprint density at radius 3 is 0.967 bits per heavy atom. The van der Waals surface area contributed by atoms with Gasteiger partial charge in [-0.1, -0.05) is 101 Å². The summed E-state index contributed by atoms with van der Waals surface area (Å²) in [7, 11) is -2.55. The molecule has 0 saturated carbocycles. The van der Waals surface area contributed by atoms with E-state index in [9.17, 15) is 4.79 Å². The minimum absolute atomic E-state index is 0.0615. The van der Waals surface area contributed by atoms with Crippen LogP contribution in [0.5, 0.6) is 0 Å². The maximum Gasteiger partial charge on any atom is 0.305 e. The lowest BCUT2D eigenvalue weighted by molar-refractivity contribution is -0.145. The summed E-state index contributed by atoms with van der Waals surface area (Å²) in [5, 5.41) is 2.47. The molecule has 0 heterocycles. The molecule has 61 heavy (non-hydrogen) atoms. The van der Waals surface area contributed by atoms with Gasteiger partial charge in [-0.2, -0.15) is 0 Å². The molecule has 2 rings (SSSR count). The summed E-state index contributed by atoms with van der Waals surface area (Å²) in [6, 6.07) is 21.3. The maximum absolute atomic E-state index is 11.5. The van der Waals surface area contributed by atoms with Gasteiger partial charge in [0.25, 0.3) is 8.32 Å². The highest BCUT2D eigenvalue weighted by Crippen LogP contribution is 2.36. The number of carbonyl (C=O) groups is 1. The highest BCUT2D eigenvalue weighted by Gasteiger charge is 2.50. The first-order valence-corrected chi connectivity index (χ1v) is 24.1. The first-order chi connectivity index (χ1) is 29.9. The third-order valence-corrected chi connectivity index (χ3v) is 14.2. The van der Waals surface area contributed by atoms with Crippen LogP contribution in [0.1, 0.15) is 53.4 Å². The van der Waals surface area contributed by atoms with Gasteiger partial charge in [0, 0.05) is 6.42 Å². The molecule has 0 atom stereocenters. The number of hydrogen-bond donors (Lipinski definition) is 0. The van der Waals surface area contributed by atoms with Crippen molar-refractivity contribution in [1.29, 1.82) is 0 Å². The van der Waals surface area contributed by atoms with E-state index in [1.807, 2.05) is 0 Å². The monoisotopic (exact) mass is 883 g/mol. The quantitative estimate of drug-likeness (QED) is 0.0509. The van der Waals surface area contributed by atoms with Gasteiger partial charge in [-0.3, -0.25) is 4.79 Å². The Balaban J connectivity index is 1.25. The van der Waals surface area contributed by atoms with E-state index in [4.69, 9.17) is 61.3 Å². The fourth-order valence-corrected chi connectivity index (χ4v) is 10.7. The average Bonchev–Trinajstić information content (AvgIpc) is 3.26. The van der Waals surface area contributed by atoms with Crippen molar-refractivity contribution in [2.45, 2.75) is 58.4 Å². The Labute approximate surface area is 367 Å². The SMILES string of the molecule is CCCCCC(=O)OCCOCCOCCOCCOCCOCCOCCOCCOCCOCCOCCOCCO[Si](c1ccccc1)(c1ccccc1)C(C)(C)C. The van der Waals surface area contributed by atoms with Crippen LogP contribution in [-0.2, 0) is 66.1 Å². The first-order valence-electron chi connectivity index (χ1n) is 22.2. The van der Waals surface area contributed by atoms with Gasteiger partial charge in [0.2, 0.25) is 0 Å². The summed E-state index contributed by atoms with van der Waals surface area (Å²) in [6.45, 7) is 20.4. The summed E-state index contributed by atoms with van der Waals surface area (Å²) in [6.07, 6.45) is 3.48. The van der Waals surface area contributed by atoms with Crippen molar-refractivity contribution in [3.05, 3.63) is 60.7 Å². The standard InChI is InChI=1S/C46H78O14Si/c1-5-6-9-18-45(47)59-41-39-57-37-35-55-33-31-53-29-27-51-25-23-49-21-19-48-20-22-50-24-26-52-28-30-54-32-34-56-36-38-58-40-42-60-61(46(2,3)4,43-14-10-7-11-15-43)44-16-12-8-13-17-44/h7-8,10-17H,5-6,9,18-42H2,1-4H3. The molecule has 2 aromatic carbocycles. The first kappa shape index (κ1) is 54.8. The molecule has 0 amide bonds. The Morgan fingerprint density at radius 2 is 0.689 bits per heavy atom. The van der Waals surface area contributed by atoms with Gasteiger partial charge in [0.05, 0.1) is 152 Å². The van der Waals surface area contributed by atoms with Crippen molar-refractivity contribution in [2.24, 2.45) is 0 Å². The molecule has 0 aliphatic rings. The Bertz CT molecular complexity index is 1210. The molecule has 0 bridgehead atoms. The van der Waals surface area contributed by atoms with Crippen LogP contribution in [0.4, 0.5) is 0 Å². The van der Waals surface area contributed by atoms with Crippen LogP contribution in [0.15, 0.2) is 60.7 Å². The lowest BCUT2D eigenvalue weighted by Crippen LogP contribution is -2.66. The predicted octanol–water partition coefficient (Wildman–Crippen LogP) is 4.87. The molecule has 15 heteroatoms. The lowest BCUT2D eigenvalue weighted by atomic mass is 10.2. The summed E-state index contributed by atoms with van der Waals surface area (Å²) < 4.78 is 73.0. The van der Waals surface area contributed by atoms with Crippen molar-refractivity contribution in [3.8, 4) is 0 Å². The number of carbonyl (C=O) groups excluding carboxylic acids is 1. The normalized spacial score (nSPS) is 12.0. The molecule has 0 aliphatic carbocycles. The number of unbranched alkanes of at least 4 members (excludes halogenated alkanes) is 2. The fraction of sp³-hybridized carbons (Fsp3) is 0.717. The van der Waals surface area contributed by atoms with Crippen molar-refractivity contribution >= 4 is 24.7 Å². The van der Waals surface area contributed by atoms with Crippen LogP contribution in [0.25, 0.3) is 0 Å². The van der Waals surface area contributed by atoms with Gasteiger partial charge < -0.3 is 61.3 Å². The molecular weight excluding hydrogens is 805 g/mol. The summed E-state index contributed by atoms with van der Waals surface area (Å²) in [5.74, 6) is -0.161. The zero-order chi connectivity index (χ0) is 43.8. The summed E-state index contributed by atoms with van der Waals surface area (Å²) in [5.41, 5.74) is 0. The third-order valence-electron chi connectivity index (χ3n) is 9.16. The third kappa shape index (κ3) is 27.4. The van der Waals surface area contributed by atoms with Crippen molar-refractivity contribution in [3.63, 3.8) is 0 Å². The largest absolute Gasteiger partial charge is 0.463 e. The molecule has 0 unspecified atom stereocenters. The second-order valence-electron chi connectivity index (χ2n) is 14.9. The number of rotatable bonds is 43. The van der Waals surface area contributed by atoms with Crippen LogP contribution in [0.2, 0.25) is 5.04 Å². The molecule has 0 N–H and O–H groups in total. The summed E-state index contributed by atoms with van der Waals surface area (Å²) >= 11 is 0. The van der Waals surface area contributed by atoms with Crippen LogP contribution in [0.3, 0.4) is 0 Å². The fourth-order valence-electron chi connectivity index (χ4n) is 6.12. The second-order valence-corrected chi connectivity index (χ2v) is 19.2. The number of esters is 1. The lowest BCUT2D eigenvalue weighted by Gasteiger charge is -2.43. The van der Waals surface area contributed by atoms with Crippen LogP contribution >= 0.6 is 0 Å². The van der Waals surface area contributed by atoms with Crippen LogP contribution < -0.4 is 10.4 Å². The van der Waals surface area contributed by atoms with Crippen molar-refractivity contribution in [1.82, 2.24) is 0 Å². The van der Waals surface area contributed by atoms with E-state index in [0.29, 0.717) is 158 Å². The molecular formula is C46H78O14Si. The molecule has 0 spiro atoms. The second kappa shape index (κ2) is 38.1. The zero-order valence-electron chi connectivity index (χ0n) is 37.8. The highest BCUT2D eigenvalue weighted by atomic mass is 28.4. The number of benzene rings is 2. The number of ether oxygens (including phenoxy) is 12. The molecule has 2 aromatic rings. The van der Waals surface area contributed by atoms with E-state index in [2.05, 4.69) is 88.4 Å². The predicted molar refractivity (Wildman–Crippen MR) is 238 cm³/mol. The van der Waals surface area contributed by atoms with Crippen molar-refractivity contribution in [2.75, 3.05) is 159 Å². The van der Waals surface area contributed by atoms with E-state index in [1.165, 1.54) is 10.4 Å². The maximum atomic E-state index is 11.5. The van der Waals surface area contributed by atoms with E-state index in [-0.39, 0.29) is 17.6 Å². The Morgan fingerprint density at radius 1 is 0.410 bits per heavy atom. The van der Waals surface area contributed by atoms with E-state index in [1.54, 1.807) is 0 Å². The highest BCUT2D eigenvalue weighted by molar-refractivity contribution is 6.99. The molecule has 0 saturated heterocycles. The van der Waals surface area contributed by atoms with Crippen LogP contribution in [-0.4, -0.2) is 173 Å². The van der Waals surface area contributed by atoms with Crippen LogP contribution in [0, 0.1) is 0 Å². The zero-order valence-corrected chi connectivity index (χ0v) is 38.8. The van der Waals surface area contributed by atoms with E-state index >= 15 is 0 Å². The average molecular weight is 883 g/mol. The van der Waals surface area contributed by atoms with E-state index < -0.39 is 8.32 Å². The van der Waals surface area contributed by atoms with Gasteiger partial charge in [-0.25, -0.2) is 0 Å². The molecule has 14 nitrogen and oxygen atoms in total. The minimum atomic E-state index is -2.55. The molecule has 350 valence electrons. The molecule has 0 fully saturated rings. The Hall–Kier alpha value is -2.35. The smallest absolute Gasteiger partial charge is 0.305 e.